The molecule has 5 rings (SSSR count). The Kier molecular flexibility index (Phi) is 4.62. The number of nitriles is 1. The number of carbonyl (C=O) groups is 1. The number of fused-ring (bicyclic) bond motifs is 2. The summed E-state index contributed by atoms with van der Waals surface area (Å²) in [6, 6.07) is 3.85. The third-order valence-electron chi connectivity index (χ3n) is 5.77. The lowest BCUT2D eigenvalue weighted by molar-refractivity contribution is -0.146. The molecule has 5 heterocycles. The molecule has 0 aliphatic carbocycles. The minimum Gasteiger partial charge on any atom is -0.490 e. The van der Waals surface area contributed by atoms with Crippen molar-refractivity contribution in [2.45, 2.75) is 25.1 Å². The fourth-order valence-corrected chi connectivity index (χ4v) is 4.12. The van der Waals surface area contributed by atoms with E-state index in [-0.39, 0.29) is 32.5 Å². The van der Waals surface area contributed by atoms with Crippen LogP contribution in [0.2, 0.25) is 0 Å². The van der Waals surface area contributed by atoms with Crippen molar-refractivity contribution in [2.75, 3.05) is 31.1 Å². The van der Waals surface area contributed by atoms with Gasteiger partial charge in [0.05, 0.1) is 13.1 Å². The Morgan fingerprint density at radius 1 is 1.23 bits per heavy atom. The summed E-state index contributed by atoms with van der Waals surface area (Å²) in [7, 11) is 0. The van der Waals surface area contributed by atoms with Gasteiger partial charge in [0.2, 0.25) is 0 Å². The van der Waals surface area contributed by atoms with Crippen LogP contribution in [-0.2, 0) is 11.3 Å². The Morgan fingerprint density at radius 3 is 2.87 bits per heavy atom. The largest absolute Gasteiger partial charge is 0.490 e. The maximum atomic E-state index is 15.8. The first kappa shape index (κ1) is 19.2. The predicted molar refractivity (Wildman–Crippen MR) is 106 cm³/mol. The number of hydrogen-bond acceptors (Lipinski definition) is 8. The minimum absolute atomic E-state index is 0.0606. The highest BCUT2D eigenvalue weighted by Gasteiger charge is 2.45. The number of amides is 1. The molecule has 11 heteroatoms. The zero-order valence-corrected chi connectivity index (χ0v) is 16.6. The fourth-order valence-electron chi connectivity index (χ4n) is 4.12. The highest BCUT2D eigenvalue weighted by molar-refractivity contribution is 5.85. The molecular weight excluding hydrogens is 403 g/mol. The van der Waals surface area contributed by atoms with Crippen LogP contribution in [0.5, 0.6) is 5.75 Å². The fraction of sp³-hybridized carbons (Fsp3) is 0.400. The molecular formula is C20H19FN8O2. The van der Waals surface area contributed by atoms with Crippen molar-refractivity contribution < 1.29 is 13.9 Å². The van der Waals surface area contributed by atoms with Gasteiger partial charge >= 0.3 is 0 Å². The van der Waals surface area contributed by atoms with Crippen molar-refractivity contribution >= 4 is 17.5 Å². The number of alkyl halides is 1. The molecule has 1 amide bonds. The quantitative estimate of drug-likeness (QED) is 0.604. The molecule has 10 nitrogen and oxygen atoms in total. The van der Waals surface area contributed by atoms with Crippen LogP contribution in [0.4, 0.5) is 10.2 Å². The molecule has 2 aliphatic rings. The third kappa shape index (κ3) is 3.30. The van der Waals surface area contributed by atoms with Crippen molar-refractivity contribution in [1.82, 2.24) is 29.5 Å². The van der Waals surface area contributed by atoms with Gasteiger partial charge < -0.3 is 14.5 Å². The predicted octanol–water partition coefficient (Wildman–Crippen LogP) is 1.12. The highest BCUT2D eigenvalue weighted by Crippen LogP contribution is 2.33. The summed E-state index contributed by atoms with van der Waals surface area (Å²) in [6.07, 6.45) is 6.16. The summed E-state index contributed by atoms with van der Waals surface area (Å²) in [5.74, 6) is 1.11. The molecule has 1 fully saturated rings. The summed E-state index contributed by atoms with van der Waals surface area (Å²) in [5.41, 5.74) is -1.04. The monoisotopic (exact) mass is 422 g/mol. The van der Waals surface area contributed by atoms with Crippen LogP contribution < -0.4 is 9.64 Å². The van der Waals surface area contributed by atoms with E-state index in [1.807, 2.05) is 11.0 Å². The summed E-state index contributed by atoms with van der Waals surface area (Å²) in [5, 5.41) is 13.4. The second-order valence-corrected chi connectivity index (χ2v) is 7.59. The smallest absolute Gasteiger partial charge is 0.260 e. The lowest BCUT2D eigenvalue weighted by Crippen LogP contribution is -2.53. The molecule has 3 aromatic heterocycles. The van der Waals surface area contributed by atoms with Crippen molar-refractivity contribution in [2.24, 2.45) is 0 Å². The number of halogens is 1. The van der Waals surface area contributed by atoms with Gasteiger partial charge in [-0.3, -0.25) is 9.78 Å². The van der Waals surface area contributed by atoms with Gasteiger partial charge in [-0.1, -0.05) is 0 Å². The van der Waals surface area contributed by atoms with Gasteiger partial charge in [-0.05, 0) is 6.07 Å². The van der Waals surface area contributed by atoms with Gasteiger partial charge in [-0.25, -0.2) is 9.37 Å². The number of carbonyl (C=O) groups excluding carboxylic acids is 1. The maximum absolute atomic E-state index is 15.8. The molecule has 0 saturated carbocycles. The van der Waals surface area contributed by atoms with E-state index in [4.69, 9.17) is 4.74 Å². The Labute approximate surface area is 176 Å². The van der Waals surface area contributed by atoms with Gasteiger partial charge in [0.15, 0.2) is 5.67 Å². The van der Waals surface area contributed by atoms with E-state index in [9.17, 15) is 10.1 Å². The van der Waals surface area contributed by atoms with Crippen LogP contribution in [0.15, 0.2) is 31.0 Å². The zero-order chi connectivity index (χ0) is 21.4. The van der Waals surface area contributed by atoms with E-state index in [0.717, 1.165) is 5.82 Å². The number of ether oxygens (including phenoxy) is 1. The van der Waals surface area contributed by atoms with E-state index < -0.39 is 11.6 Å². The molecule has 31 heavy (non-hydrogen) atoms. The average molecular weight is 422 g/mol. The second kappa shape index (κ2) is 7.46. The Bertz CT molecular complexity index is 1180. The topological polar surface area (TPSA) is 113 Å². The van der Waals surface area contributed by atoms with Crippen LogP contribution in [0, 0.1) is 11.3 Å². The van der Waals surface area contributed by atoms with Crippen molar-refractivity contribution in [3.63, 3.8) is 0 Å². The van der Waals surface area contributed by atoms with Crippen molar-refractivity contribution in [3.8, 4) is 11.8 Å². The van der Waals surface area contributed by atoms with Crippen LogP contribution in [0.25, 0.3) is 5.78 Å². The number of rotatable bonds is 2. The standard InChI is InChI=1S/C20H19FN8O2/c21-20(2-5-27(6-3-20)16-1-4-24-19-25-13-26-29(16)19)18(30)28-7-8-31-17-14(9-22)10-23-11-15(17)12-28/h1,4,10-11,13H,2-3,5-8,12H2. The lowest BCUT2D eigenvalue weighted by atomic mass is 9.91. The summed E-state index contributed by atoms with van der Waals surface area (Å²) >= 11 is 0. The molecule has 1 saturated heterocycles. The van der Waals surface area contributed by atoms with Gasteiger partial charge in [0.25, 0.3) is 11.7 Å². The third-order valence-corrected chi connectivity index (χ3v) is 5.77. The van der Waals surface area contributed by atoms with Gasteiger partial charge in [0.1, 0.15) is 36.1 Å². The van der Waals surface area contributed by atoms with Crippen LogP contribution in [0.3, 0.4) is 0 Å². The number of aromatic nitrogens is 5. The van der Waals surface area contributed by atoms with E-state index in [1.165, 1.54) is 17.4 Å². The van der Waals surface area contributed by atoms with Crippen molar-refractivity contribution in [1.29, 1.82) is 5.26 Å². The Balaban J connectivity index is 1.32. The van der Waals surface area contributed by atoms with E-state index >= 15 is 4.39 Å². The van der Waals surface area contributed by atoms with Gasteiger partial charge in [0, 0.05) is 50.1 Å². The lowest BCUT2D eigenvalue weighted by Gasteiger charge is -2.38. The molecule has 158 valence electrons. The van der Waals surface area contributed by atoms with Gasteiger partial charge in [-0.2, -0.15) is 19.9 Å². The number of nitrogens with zero attached hydrogens (tertiary/aromatic N) is 8. The van der Waals surface area contributed by atoms with Crippen LogP contribution in [0.1, 0.15) is 24.0 Å². The normalized spacial score (nSPS) is 18.1. The number of hydrogen-bond donors (Lipinski definition) is 0. The molecule has 0 unspecified atom stereocenters. The SMILES string of the molecule is N#Cc1cncc2c1OCCN(C(=O)C1(F)CCN(c3ccnc4ncnn34)CC1)C2. The molecule has 0 radical (unpaired) electrons. The van der Waals surface area contributed by atoms with E-state index in [1.54, 1.807) is 23.0 Å². The summed E-state index contributed by atoms with van der Waals surface area (Å²) in [6.45, 7) is 1.33. The molecule has 0 bridgehead atoms. The van der Waals surface area contributed by atoms with Crippen molar-refractivity contribution in [3.05, 3.63) is 42.1 Å². The van der Waals surface area contributed by atoms with E-state index in [0.29, 0.717) is 35.7 Å². The average Bonchev–Trinajstić information content (AvgIpc) is 3.17. The summed E-state index contributed by atoms with van der Waals surface area (Å²) < 4.78 is 23.1. The first-order chi connectivity index (χ1) is 15.1. The van der Waals surface area contributed by atoms with E-state index in [2.05, 4.69) is 20.1 Å². The first-order valence-electron chi connectivity index (χ1n) is 9.97. The number of anilines is 1. The second-order valence-electron chi connectivity index (χ2n) is 7.59. The number of piperidine rings is 1. The highest BCUT2D eigenvalue weighted by atomic mass is 19.1. The van der Waals surface area contributed by atoms with Crippen LogP contribution in [-0.4, -0.2) is 67.3 Å². The molecule has 3 aromatic rings. The molecule has 0 spiro atoms. The Hall–Kier alpha value is -3.81. The minimum atomic E-state index is -1.96. The van der Waals surface area contributed by atoms with Crippen LogP contribution >= 0.6 is 0 Å². The zero-order valence-electron chi connectivity index (χ0n) is 16.6. The summed E-state index contributed by atoms with van der Waals surface area (Å²) in [4.78, 5) is 28.9. The molecule has 2 aliphatic heterocycles. The first-order valence-corrected chi connectivity index (χ1v) is 9.97. The Morgan fingerprint density at radius 2 is 2.06 bits per heavy atom. The number of pyridine rings is 1. The van der Waals surface area contributed by atoms with Gasteiger partial charge in [-0.15, -0.1) is 0 Å². The molecule has 0 aromatic carbocycles. The molecule has 0 atom stereocenters. The molecule has 0 N–H and O–H groups in total. The maximum Gasteiger partial charge on any atom is 0.260 e.